The average molecular weight is 259 g/mol. The Balaban J connectivity index is 4.70. The highest BCUT2D eigenvalue weighted by Crippen LogP contribution is 2.15. The van der Waals surface area contributed by atoms with Crippen LogP contribution in [0.25, 0.3) is 0 Å². The van der Waals surface area contributed by atoms with Crippen LogP contribution in [0.5, 0.6) is 0 Å². The van der Waals surface area contributed by atoms with Crippen LogP contribution in [0.2, 0.25) is 0 Å². The lowest BCUT2D eigenvalue weighted by Gasteiger charge is -2.29. The van der Waals surface area contributed by atoms with Gasteiger partial charge in [-0.05, 0) is 19.8 Å². The standard InChI is InChI=1S/C13H25NO4/c1-4-7-8-11(10-12(15)16)14(9-5-2)13(17)18-6-3/h11H,4-10H2,1-3H3,(H,15,16). The molecule has 0 aliphatic rings. The molecular weight excluding hydrogens is 234 g/mol. The van der Waals surface area contributed by atoms with Gasteiger partial charge < -0.3 is 14.7 Å². The molecule has 0 aromatic carbocycles. The number of carboxylic acid groups (broad SMARTS) is 1. The maximum atomic E-state index is 11.8. The van der Waals surface area contributed by atoms with Gasteiger partial charge in [-0.25, -0.2) is 4.79 Å². The zero-order valence-corrected chi connectivity index (χ0v) is 11.6. The lowest BCUT2D eigenvalue weighted by molar-refractivity contribution is -0.138. The van der Waals surface area contributed by atoms with Crippen molar-refractivity contribution >= 4 is 12.1 Å². The van der Waals surface area contributed by atoms with E-state index in [-0.39, 0.29) is 12.5 Å². The van der Waals surface area contributed by atoms with Gasteiger partial charge in [0.2, 0.25) is 0 Å². The zero-order chi connectivity index (χ0) is 14.0. The number of hydrogen-bond donors (Lipinski definition) is 1. The molecule has 0 saturated carbocycles. The summed E-state index contributed by atoms with van der Waals surface area (Å²) in [5.74, 6) is -0.874. The van der Waals surface area contributed by atoms with E-state index in [1.165, 1.54) is 0 Å². The molecule has 0 aliphatic carbocycles. The third-order valence-electron chi connectivity index (χ3n) is 2.71. The van der Waals surface area contributed by atoms with Gasteiger partial charge in [0.25, 0.3) is 0 Å². The second-order valence-electron chi connectivity index (χ2n) is 4.29. The molecule has 5 heteroatoms. The molecule has 106 valence electrons. The molecule has 18 heavy (non-hydrogen) atoms. The number of carbonyl (C=O) groups is 2. The number of ether oxygens (including phenoxy) is 1. The number of amides is 1. The van der Waals surface area contributed by atoms with Gasteiger partial charge in [0.05, 0.1) is 13.0 Å². The molecular formula is C13H25NO4. The maximum Gasteiger partial charge on any atom is 0.410 e. The molecule has 0 saturated heterocycles. The summed E-state index contributed by atoms with van der Waals surface area (Å²) in [4.78, 5) is 24.3. The van der Waals surface area contributed by atoms with E-state index >= 15 is 0 Å². The summed E-state index contributed by atoms with van der Waals surface area (Å²) in [5, 5.41) is 8.93. The number of carbonyl (C=O) groups excluding carboxylic acids is 1. The van der Waals surface area contributed by atoms with Crippen molar-refractivity contribution in [1.82, 2.24) is 4.90 Å². The fourth-order valence-electron chi connectivity index (χ4n) is 1.88. The van der Waals surface area contributed by atoms with Gasteiger partial charge >= 0.3 is 12.1 Å². The molecule has 0 aromatic heterocycles. The first-order valence-corrected chi connectivity index (χ1v) is 6.71. The second-order valence-corrected chi connectivity index (χ2v) is 4.29. The molecule has 0 aliphatic heterocycles. The number of hydrogen-bond acceptors (Lipinski definition) is 3. The summed E-state index contributed by atoms with van der Waals surface area (Å²) in [5.41, 5.74) is 0. The van der Waals surface area contributed by atoms with Gasteiger partial charge in [0.15, 0.2) is 0 Å². The van der Waals surface area contributed by atoms with Crippen LogP contribution in [0, 0.1) is 0 Å². The Kier molecular flexibility index (Phi) is 9.06. The molecule has 1 amide bonds. The van der Waals surface area contributed by atoms with Gasteiger partial charge in [-0.3, -0.25) is 4.79 Å². The summed E-state index contributed by atoms with van der Waals surface area (Å²) in [6, 6.07) is -0.263. The molecule has 5 nitrogen and oxygen atoms in total. The monoisotopic (exact) mass is 259 g/mol. The van der Waals surface area contributed by atoms with Gasteiger partial charge in [0.1, 0.15) is 0 Å². The van der Waals surface area contributed by atoms with E-state index in [0.717, 1.165) is 19.3 Å². The molecule has 0 spiro atoms. The average Bonchev–Trinajstić information content (AvgIpc) is 2.31. The fraction of sp³-hybridized carbons (Fsp3) is 0.846. The van der Waals surface area contributed by atoms with Crippen molar-refractivity contribution in [3.8, 4) is 0 Å². The highest BCUT2D eigenvalue weighted by molar-refractivity contribution is 5.71. The van der Waals surface area contributed by atoms with Crippen LogP contribution >= 0.6 is 0 Å². The van der Waals surface area contributed by atoms with Crippen molar-refractivity contribution in [2.75, 3.05) is 13.2 Å². The summed E-state index contributed by atoms with van der Waals surface area (Å²) in [6.07, 6.45) is 2.99. The number of aliphatic carboxylic acids is 1. The molecule has 1 unspecified atom stereocenters. The first-order valence-electron chi connectivity index (χ1n) is 6.71. The number of carboxylic acids is 1. The Hall–Kier alpha value is -1.26. The zero-order valence-electron chi connectivity index (χ0n) is 11.6. The van der Waals surface area contributed by atoms with E-state index in [9.17, 15) is 9.59 Å². The van der Waals surface area contributed by atoms with Crippen LogP contribution in [-0.2, 0) is 9.53 Å². The lowest BCUT2D eigenvalue weighted by Crippen LogP contribution is -2.42. The molecule has 1 atom stereocenters. The number of nitrogens with zero attached hydrogens (tertiary/aromatic N) is 1. The van der Waals surface area contributed by atoms with Crippen LogP contribution in [0.3, 0.4) is 0 Å². The van der Waals surface area contributed by atoms with Crippen LogP contribution < -0.4 is 0 Å². The fourth-order valence-corrected chi connectivity index (χ4v) is 1.88. The van der Waals surface area contributed by atoms with Crippen molar-refractivity contribution in [3.05, 3.63) is 0 Å². The van der Waals surface area contributed by atoms with Gasteiger partial charge in [0, 0.05) is 12.6 Å². The van der Waals surface area contributed by atoms with Crippen molar-refractivity contribution in [2.45, 2.75) is 58.9 Å². The van der Waals surface area contributed by atoms with E-state index in [4.69, 9.17) is 9.84 Å². The largest absolute Gasteiger partial charge is 0.481 e. The number of unbranched alkanes of at least 4 members (excludes halogenated alkanes) is 1. The van der Waals surface area contributed by atoms with E-state index in [1.54, 1.807) is 11.8 Å². The highest BCUT2D eigenvalue weighted by atomic mass is 16.6. The van der Waals surface area contributed by atoms with E-state index in [1.807, 2.05) is 13.8 Å². The molecule has 0 fully saturated rings. The van der Waals surface area contributed by atoms with Crippen molar-refractivity contribution in [1.29, 1.82) is 0 Å². The summed E-state index contributed by atoms with van der Waals surface area (Å²) in [6.45, 7) is 6.61. The van der Waals surface area contributed by atoms with Gasteiger partial charge in [-0.2, -0.15) is 0 Å². The van der Waals surface area contributed by atoms with Gasteiger partial charge in [-0.15, -0.1) is 0 Å². The van der Waals surface area contributed by atoms with Crippen molar-refractivity contribution in [2.24, 2.45) is 0 Å². The normalized spacial score (nSPS) is 11.9. The Labute approximate surface area is 109 Å². The summed E-state index contributed by atoms with van der Waals surface area (Å²) < 4.78 is 4.99. The Morgan fingerprint density at radius 2 is 1.89 bits per heavy atom. The van der Waals surface area contributed by atoms with Crippen LogP contribution in [0.15, 0.2) is 0 Å². The Morgan fingerprint density at radius 3 is 2.33 bits per heavy atom. The van der Waals surface area contributed by atoms with Crippen LogP contribution in [0.4, 0.5) is 4.79 Å². The molecule has 0 aromatic rings. The molecule has 1 N–H and O–H groups in total. The quantitative estimate of drug-likeness (QED) is 0.691. The third-order valence-corrected chi connectivity index (χ3v) is 2.71. The number of rotatable bonds is 9. The minimum atomic E-state index is -0.874. The second kappa shape index (κ2) is 9.74. The molecule has 0 rings (SSSR count). The molecule has 0 heterocycles. The van der Waals surface area contributed by atoms with E-state index in [2.05, 4.69) is 0 Å². The minimum Gasteiger partial charge on any atom is -0.481 e. The Morgan fingerprint density at radius 1 is 1.22 bits per heavy atom. The summed E-state index contributed by atoms with van der Waals surface area (Å²) in [7, 11) is 0. The first-order chi connectivity index (χ1) is 8.56. The van der Waals surface area contributed by atoms with Crippen molar-refractivity contribution < 1.29 is 19.4 Å². The van der Waals surface area contributed by atoms with Crippen molar-refractivity contribution in [3.63, 3.8) is 0 Å². The third kappa shape index (κ3) is 6.47. The molecule has 0 radical (unpaired) electrons. The van der Waals surface area contributed by atoms with E-state index < -0.39 is 12.1 Å². The smallest absolute Gasteiger partial charge is 0.410 e. The van der Waals surface area contributed by atoms with Gasteiger partial charge in [-0.1, -0.05) is 26.7 Å². The predicted molar refractivity (Wildman–Crippen MR) is 69.6 cm³/mol. The summed E-state index contributed by atoms with van der Waals surface area (Å²) >= 11 is 0. The lowest BCUT2D eigenvalue weighted by atomic mass is 10.0. The Bertz CT molecular complexity index is 255. The van der Waals surface area contributed by atoms with Crippen LogP contribution in [-0.4, -0.2) is 41.3 Å². The van der Waals surface area contributed by atoms with E-state index in [0.29, 0.717) is 19.6 Å². The topological polar surface area (TPSA) is 66.8 Å². The minimum absolute atomic E-state index is 0.0151. The highest BCUT2D eigenvalue weighted by Gasteiger charge is 2.25. The first kappa shape index (κ1) is 16.7. The molecule has 0 bridgehead atoms. The predicted octanol–water partition coefficient (Wildman–Crippen LogP) is 2.89. The van der Waals surface area contributed by atoms with Crippen LogP contribution in [0.1, 0.15) is 52.9 Å². The SMILES string of the molecule is CCCCC(CC(=O)O)N(CCC)C(=O)OCC. The maximum absolute atomic E-state index is 11.8.